The topological polar surface area (TPSA) is 53.5 Å². The maximum absolute atomic E-state index is 13.2. The van der Waals surface area contributed by atoms with Crippen molar-refractivity contribution >= 4 is 23.0 Å². The van der Waals surface area contributed by atoms with Crippen LogP contribution in [0, 0.1) is 6.92 Å². The lowest BCUT2D eigenvalue weighted by atomic mass is 10.0. The first-order chi connectivity index (χ1) is 14.5. The summed E-state index contributed by atoms with van der Waals surface area (Å²) in [5.74, 6) is 0.141. The predicted molar refractivity (Wildman–Crippen MR) is 121 cm³/mol. The minimum Gasteiger partial charge on any atom is -0.338 e. The van der Waals surface area contributed by atoms with Crippen LogP contribution < -0.4 is 0 Å². The fraction of sp³-hybridized carbons (Fsp3) is 0.542. The smallest absolute Gasteiger partial charge is 0.265 e. The second-order valence-electron chi connectivity index (χ2n) is 8.54. The lowest BCUT2D eigenvalue weighted by Crippen LogP contribution is -2.47. The minimum absolute atomic E-state index is 0.0358. The van der Waals surface area contributed by atoms with E-state index in [1.165, 1.54) is 50.1 Å². The molecule has 2 saturated heterocycles. The van der Waals surface area contributed by atoms with Crippen LogP contribution in [0.2, 0.25) is 0 Å². The van der Waals surface area contributed by atoms with Gasteiger partial charge in [0.1, 0.15) is 9.88 Å². The normalized spacial score (nSPS) is 18.9. The van der Waals surface area contributed by atoms with E-state index in [-0.39, 0.29) is 11.7 Å². The standard InChI is InChI=1S/C24H31N3O2S/c1-17-22(30-23(25-17)20-9-7-8-19(16-20)18(2)28)24(29)27-14-10-21(11-15-27)26-12-5-3-4-6-13-26/h7-9,16,21H,3-6,10-15H2,1-2H3. The molecule has 2 aliphatic heterocycles. The van der Waals surface area contributed by atoms with Crippen molar-refractivity contribution in [1.82, 2.24) is 14.8 Å². The number of nitrogens with zero attached hydrogens (tertiary/aromatic N) is 3. The van der Waals surface area contributed by atoms with Gasteiger partial charge in [-0.3, -0.25) is 9.59 Å². The number of aromatic nitrogens is 1. The zero-order valence-electron chi connectivity index (χ0n) is 18.0. The molecule has 0 atom stereocenters. The van der Waals surface area contributed by atoms with Crippen LogP contribution in [-0.4, -0.2) is 58.7 Å². The van der Waals surface area contributed by atoms with Crippen LogP contribution >= 0.6 is 11.3 Å². The third-order valence-corrected chi connectivity index (χ3v) is 7.61. The molecule has 2 aliphatic rings. The van der Waals surface area contributed by atoms with Gasteiger partial charge >= 0.3 is 0 Å². The van der Waals surface area contributed by atoms with Crippen molar-refractivity contribution < 1.29 is 9.59 Å². The van der Waals surface area contributed by atoms with Crippen molar-refractivity contribution in [3.63, 3.8) is 0 Å². The van der Waals surface area contributed by atoms with E-state index in [4.69, 9.17) is 0 Å². The molecule has 0 radical (unpaired) electrons. The fourth-order valence-electron chi connectivity index (χ4n) is 4.63. The van der Waals surface area contributed by atoms with E-state index in [0.29, 0.717) is 11.6 Å². The Morgan fingerprint density at radius 1 is 1.03 bits per heavy atom. The number of Topliss-reactive ketones (excluding diaryl/α,β-unsaturated/α-hetero) is 1. The quantitative estimate of drug-likeness (QED) is 0.660. The van der Waals surface area contributed by atoms with Crippen LogP contribution in [0.4, 0.5) is 0 Å². The second kappa shape index (κ2) is 9.40. The summed E-state index contributed by atoms with van der Waals surface area (Å²) in [6.45, 7) is 7.56. The number of piperidine rings is 1. The molecule has 0 bridgehead atoms. The Morgan fingerprint density at radius 2 is 1.73 bits per heavy atom. The van der Waals surface area contributed by atoms with E-state index < -0.39 is 0 Å². The van der Waals surface area contributed by atoms with Gasteiger partial charge in [-0.1, -0.05) is 31.0 Å². The number of hydrogen-bond acceptors (Lipinski definition) is 5. The van der Waals surface area contributed by atoms with E-state index in [1.807, 2.05) is 36.1 Å². The molecule has 4 rings (SSSR count). The number of likely N-dealkylation sites (tertiary alicyclic amines) is 2. The maximum atomic E-state index is 13.2. The molecule has 3 heterocycles. The van der Waals surface area contributed by atoms with Gasteiger partial charge in [-0.2, -0.15) is 0 Å². The summed E-state index contributed by atoms with van der Waals surface area (Å²) in [5, 5.41) is 0.804. The average Bonchev–Trinajstić information content (AvgIpc) is 2.97. The van der Waals surface area contributed by atoms with Crippen molar-refractivity contribution in [2.45, 2.75) is 58.4 Å². The van der Waals surface area contributed by atoms with E-state index >= 15 is 0 Å². The fourth-order valence-corrected chi connectivity index (χ4v) is 5.66. The van der Waals surface area contributed by atoms with Crippen LogP contribution in [0.3, 0.4) is 0 Å². The van der Waals surface area contributed by atoms with Gasteiger partial charge in [-0.05, 0) is 58.7 Å². The van der Waals surface area contributed by atoms with Crippen LogP contribution in [0.1, 0.15) is 71.2 Å². The number of rotatable bonds is 4. The molecule has 0 spiro atoms. The Balaban J connectivity index is 1.43. The van der Waals surface area contributed by atoms with Crippen molar-refractivity contribution in [3.8, 4) is 10.6 Å². The first kappa shape index (κ1) is 21.2. The monoisotopic (exact) mass is 425 g/mol. The predicted octanol–water partition coefficient (Wildman–Crippen LogP) is 4.80. The molecular weight excluding hydrogens is 394 g/mol. The molecule has 5 nitrogen and oxygen atoms in total. The zero-order chi connectivity index (χ0) is 21.1. The molecule has 0 unspecified atom stereocenters. The Labute approximate surface area is 183 Å². The molecule has 2 fully saturated rings. The van der Waals surface area contributed by atoms with E-state index in [1.54, 1.807) is 6.92 Å². The number of hydrogen-bond donors (Lipinski definition) is 0. The largest absolute Gasteiger partial charge is 0.338 e. The van der Waals surface area contributed by atoms with Gasteiger partial charge < -0.3 is 9.80 Å². The molecular formula is C24H31N3O2S. The zero-order valence-corrected chi connectivity index (χ0v) is 18.8. The Hall–Kier alpha value is -2.05. The summed E-state index contributed by atoms with van der Waals surface area (Å²) in [6, 6.07) is 8.12. The highest BCUT2D eigenvalue weighted by Gasteiger charge is 2.29. The molecule has 1 aromatic heterocycles. The van der Waals surface area contributed by atoms with Gasteiger partial charge in [0.2, 0.25) is 0 Å². The van der Waals surface area contributed by atoms with Crippen molar-refractivity contribution in [2.75, 3.05) is 26.2 Å². The molecule has 1 amide bonds. The number of amides is 1. The van der Waals surface area contributed by atoms with Gasteiger partial charge in [0.05, 0.1) is 5.69 Å². The molecule has 30 heavy (non-hydrogen) atoms. The van der Waals surface area contributed by atoms with Crippen LogP contribution in [0.5, 0.6) is 0 Å². The van der Waals surface area contributed by atoms with Gasteiger partial charge in [0.15, 0.2) is 5.78 Å². The summed E-state index contributed by atoms with van der Waals surface area (Å²) in [6.07, 6.45) is 7.47. The maximum Gasteiger partial charge on any atom is 0.265 e. The van der Waals surface area contributed by atoms with E-state index in [2.05, 4.69) is 9.88 Å². The number of carbonyl (C=O) groups is 2. The van der Waals surface area contributed by atoms with Crippen molar-refractivity contribution in [2.24, 2.45) is 0 Å². The van der Waals surface area contributed by atoms with E-state index in [9.17, 15) is 9.59 Å². The molecule has 6 heteroatoms. The number of carbonyl (C=O) groups excluding carboxylic acids is 2. The molecule has 1 aromatic carbocycles. The third-order valence-electron chi connectivity index (χ3n) is 6.42. The average molecular weight is 426 g/mol. The van der Waals surface area contributed by atoms with Crippen LogP contribution in [0.15, 0.2) is 24.3 Å². The highest BCUT2D eigenvalue weighted by molar-refractivity contribution is 7.17. The highest BCUT2D eigenvalue weighted by atomic mass is 32.1. The minimum atomic E-state index is 0.0358. The highest BCUT2D eigenvalue weighted by Crippen LogP contribution is 2.30. The summed E-state index contributed by atoms with van der Waals surface area (Å²) >= 11 is 1.44. The summed E-state index contributed by atoms with van der Waals surface area (Å²) < 4.78 is 0. The summed E-state index contributed by atoms with van der Waals surface area (Å²) in [5.41, 5.74) is 2.35. The van der Waals surface area contributed by atoms with Gasteiger partial charge in [-0.25, -0.2) is 4.98 Å². The van der Waals surface area contributed by atoms with Gasteiger partial charge in [-0.15, -0.1) is 11.3 Å². The first-order valence-electron chi connectivity index (χ1n) is 11.1. The summed E-state index contributed by atoms with van der Waals surface area (Å²) in [4.78, 5) is 34.9. The number of benzene rings is 1. The molecule has 0 N–H and O–H groups in total. The second-order valence-corrected chi connectivity index (χ2v) is 9.54. The Morgan fingerprint density at radius 3 is 2.40 bits per heavy atom. The lowest BCUT2D eigenvalue weighted by molar-refractivity contribution is 0.0626. The number of aryl methyl sites for hydroxylation is 1. The Bertz CT molecular complexity index is 907. The van der Waals surface area contributed by atoms with Gasteiger partial charge in [0, 0.05) is 30.3 Å². The van der Waals surface area contributed by atoms with Crippen LogP contribution in [0.25, 0.3) is 10.6 Å². The number of ketones is 1. The Kier molecular flexibility index (Phi) is 6.64. The third kappa shape index (κ3) is 4.65. The number of thiazole rings is 1. The van der Waals surface area contributed by atoms with Crippen molar-refractivity contribution in [1.29, 1.82) is 0 Å². The van der Waals surface area contributed by atoms with Crippen molar-refractivity contribution in [3.05, 3.63) is 40.4 Å². The summed E-state index contributed by atoms with van der Waals surface area (Å²) in [7, 11) is 0. The molecule has 0 aliphatic carbocycles. The molecule has 160 valence electrons. The molecule has 0 saturated carbocycles. The SMILES string of the molecule is CC(=O)c1cccc(-c2nc(C)c(C(=O)N3CCC(N4CCCCCC4)CC3)s2)c1. The molecule has 2 aromatic rings. The van der Waals surface area contributed by atoms with Crippen LogP contribution in [-0.2, 0) is 0 Å². The lowest BCUT2D eigenvalue weighted by Gasteiger charge is -2.38. The van der Waals surface area contributed by atoms with Gasteiger partial charge in [0.25, 0.3) is 5.91 Å². The van der Waals surface area contributed by atoms with E-state index in [0.717, 1.165) is 47.1 Å². The first-order valence-corrected chi connectivity index (χ1v) is 12.0.